The average molecular weight is 139 g/mol. The van der Waals surface area contributed by atoms with Crippen molar-refractivity contribution >= 4 is 0 Å². The molecule has 0 amide bonds. The lowest BCUT2D eigenvalue weighted by molar-refractivity contribution is -0.0210. The fourth-order valence-corrected chi connectivity index (χ4v) is 2.81. The average Bonchev–Trinajstić information content (AvgIpc) is 1.92. The first kappa shape index (κ1) is 6.66. The maximum absolute atomic E-state index is 6.05. The molecule has 3 aliphatic carbocycles. The molecule has 2 bridgehead atoms. The van der Waals surface area contributed by atoms with Crippen LogP contribution in [-0.4, -0.2) is 6.04 Å². The zero-order valence-corrected chi connectivity index (χ0v) is 6.88. The Morgan fingerprint density at radius 3 is 2.30 bits per heavy atom. The molecule has 0 radical (unpaired) electrons. The van der Waals surface area contributed by atoms with Crippen molar-refractivity contribution in [2.45, 2.75) is 32.7 Å². The first-order valence-electron chi connectivity index (χ1n) is 4.45. The van der Waals surface area contributed by atoms with Crippen molar-refractivity contribution in [3.05, 3.63) is 0 Å². The van der Waals surface area contributed by atoms with E-state index in [0.29, 0.717) is 6.04 Å². The Hall–Kier alpha value is -0.0400. The summed E-state index contributed by atoms with van der Waals surface area (Å²) in [5.74, 6) is 3.62. The van der Waals surface area contributed by atoms with Crippen LogP contribution in [0.2, 0.25) is 0 Å². The van der Waals surface area contributed by atoms with E-state index in [2.05, 4.69) is 13.8 Å². The molecule has 0 aromatic heterocycles. The minimum Gasteiger partial charge on any atom is -0.327 e. The largest absolute Gasteiger partial charge is 0.327 e. The van der Waals surface area contributed by atoms with Crippen LogP contribution in [0.5, 0.6) is 0 Å². The van der Waals surface area contributed by atoms with Crippen LogP contribution in [0, 0.1) is 23.7 Å². The van der Waals surface area contributed by atoms with Crippen molar-refractivity contribution in [2.75, 3.05) is 0 Å². The summed E-state index contributed by atoms with van der Waals surface area (Å²) in [6.07, 6.45) is 2.81. The summed E-state index contributed by atoms with van der Waals surface area (Å²) in [5, 5.41) is 0. The topological polar surface area (TPSA) is 26.0 Å². The standard InChI is InChI=1S/C9H17N/c1-5-3-7-4-8(6(7)2)9(5)10/h5-9H,3-4,10H2,1-2H3/t5-,6?,7?,8?,9-/m0/s1. The van der Waals surface area contributed by atoms with Crippen LogP contribution in [0.4, 0.5) is 0 Å². The van der Waals surface area contributed by atoms with Gasteiger partial charge in [-0.15, -0.1) is 0 Å². The molecule has 5 atom stereocenters. The highest BCUT2D eigenvalue weighted by atomic mass is 14.7. The van der Waals surface area contributed by atoms with Crippen molar-refractivity contribution in [3.8, 4) is 0 Å². The van der Waals surface area contributed by atoms with E-state index in [1.165, 1.54) is 12.8 Å². The van der Waals surface area contributed by atoms with Crippen molar-refractivity contribution in [1.82, 2.24) is 0 Å². The third-order valence-corrected chi connectivity index (χ3v) is 3.82. The molecule has 3 saturated carbocycles. The summed E-state index contributed by atoms with van der Waals surface area (Å²) in [6, 6.07) is 0.514. The van der Waals surface area contributed by atoms with Crippen molar-refractivity contribution in [2.24, 2.45) is 29.4 Å². The fourth-order valence-electron chi connectivity index (χ4n) is 2.81. The fraction of sp³-hybridized carbons (Fsp3) is 1.00. The van der Waals surface area contributed by atoms with Gasteiger partial charge < -0.3 is 5.73 Å². The van der Waals surface area contributed by atoms with Gasteiger partial charge in [0.2, 0.25) is 0 Å². The van der Waals surface area contributed by atoms with E-state index in [9.17, 15) is 0 Å². The van der Waals surface area contributed by atoms with Crippen molar-refractivity contribution in [3.63, 3.8) is 0 Å². The summed E-state index contributed by atoms with van der Waals surface area (Å²) < 4.78 is 0. The minimum absolute atomic E-state index is 0.514. The van der Waals surface area contributed by atoms with E-state index in [1.54, 1.807) is 0 Å². The summed E-state index contributed by atoms with van der Waals surface area (Å²) in [5.41, 5.74) is 6.05. The van der Waals surface area contributed by atoms with Gasteiger partial charge in [-0.1, -0.05) is 13.8 Å². The summed E-state index contributed by atoms with van der Waals surface area (Å²) >= 11 is 0. The molecule has 3 rings (SSSR count). The Morgan fingerprint density at radius 1 is 1.20 bits per heavy atom. The second-order valence-corrected chi connectivity index (χ2v) is 4.31. The molecule has 0 aliphatic heterocycles. The van der Waals surface area contributed by atoms with Crippen LogP contribution in [0.3, 0.4) is 0 Å². The summed E-state index contributed by atoms with van der Waals surface area (Å²) in [7, 11) is 0. The Balaban J connectivity index is 2.08. The zero-order valence-electron chi connectivity index (χ0n) is 6.88. The molecular weight excluding hydrogens is 122 g/mol. The highest BCUT2D eigenvalue weighted by molar-refractivity contribution is 5.00. The molecule has 3 unspecified atom stereocenters. The van der Waals surface area contributed by atoms with Crippen LogP contribution < -0.4 is 5.73 Å². The van der Waals surface area contributed by atoms with Gasteiger partial charge in [-0.2, -0.15) is 0 Å². The molecule has 1 nitrogen and oxygen atoms in total. The molecule has 0 aromatic rings. The molecule has 3 fully saturated rings. The molecular formula is C9H17N. The third-order valence-electron chi connectivity index (χ3n) is 3.82. The number of rotatable bonds is 0. The zero-order chi connectivity index (χ0) is 7.30. The van der Waals surface area contributed by atoms with Gasteiger partial charge in [0.15, 0.2) is 0 Å². The molecule has 0 saturated heterocycles. The quantitative estimate of drug-likeness (QED) is 0.542. The second kappa shape index (κ2) is 1.97. The van der Waals surface area contributed by atoms with Gasteiger partial charge in [0.1, 0.15) is 0 Å². The highest BCUT2D eigenvalue weighted by Gasteiger charge is 2.47. The number of nitrogens with two attached hydrogens (primary N) is 1. The normalized spacial score (nSPS) is 59.7. The summed E-state index contributed by atoms with van der Waals surface area (Å²) in [4.78, 5) is 0. The lowest BCUT2D eigenvalue weighted by Crippen LogP contribution is -2.55. The first-order chi connectivity index (χ1) is 4.70. The van der Waals surface area contributed by atoms with E-state index in [0.717, 1.165) is 23.7 Å². The molecule has 0 heterocycles. The van der Waals surface area contributed by atoms with Crippen LogP contribution in [0.1, 0.15) is 26.7 Å². The minimum atomic E-state index is 0.514. The molecule has 1 heteroatoms. The van der Waals surface area contributed by atoms with Crippen LogP contribution in [0.25, 0.3) is 0 Å². The molecule has 10 heavy (non-hydrogen) atoms. The number of fused-ring (bicyclic) bond motifs is 2. The SMILES string of the molecule is CC1C2CC1[C@@H](N)[C@@H](C)C2. The van der Waals surface area contributed by atoms with E-state index in [-0.39, 0.29) is 0 Å². The van der Waals surface area contributed by atoms with Gasteiger partial charge >= 0.3 is 0 Å². The van der Waals surface area contributed by atoms with E-state index >= 15 is 0 Å². The van der Waals surface area contributed by atoms with Gasteiger partial charge in [0.25, 0.3) is 0 Å². The molecule has 3 aliphatic rings. The Morgan fingerprint density at radius 2 is 1.90 bits per heavy atom. The molecule has 0 aromatic carbocycles. The smallest absolute Gasteiger partial charge is 0.00958 e. The van der Waals surface area contributed by atoms with Gasteiger partial charge in [0.05, 0.1) is 0 Å². The maximum Gasteiger partial charge on any atom is 0.00958 e. The molecule has 2 N–H and O–H groups in total. The van der Waals surface area contributed by atoms with E-state index in [4.69, 9.17) is 5.73 Å². The Labute approximate surface area is 63.0 Å². The highest BCUT2D eigenvalue weighted by Crippen LogP contribution is 2.51. The first-order valence-corrected chi connectivity index (χ1v) is 4.45. The number of hydrogen-bond acceptors (Lipinski definition) is 1. The summed E-state index contributed by atoms with van der Waals surface area (Å²) in [6.45, 7) is 4.67. The van der Waals surface area contributed by atoms with Gasteiger partial charge in [-0.05, 0) is 36.5 Å². The van der Waals surface area contributed by atoms with E-state index in [1.807, 2.05) is 0 Å². The van der Waals surface area contributed by atoms with Gasteiger partial charge in [-0.3, -0.25) is 0 Å². The van der Waals surface area contributed by atoms with Crippen molar-refractivity contribution < 1.29 is 0 Å². The monoisotopic (exact) mass is 139 g/mol. The predicted molar refractivity (Wildman–Crippen MR) is 42.5 cm³/mol. The predicted octanol–water partition coefficient (Wildman–Crippen LogP) is 1.63. The van der Waals surface area contributed by atoms with Gasteiger partial charge in [-0.25, -0.2) is 0 Å². The van der Waals surface area contributed by atoms with E-state index < -0.39 is 0 Å². The van der Waals surface area contributed by atoms with Crippen LogP contribution >= 0.6 is 0 Å². The second-order valence-electron chi connectivity index (χ2n) is 4.31. The van der Waals surface area contributed by atoms with Gasteiger partial charge in [0, 0.05) is 6.04 Å². The molecule has 58 valence electrons. The van der Waals surface area contributed by atoms with Crippen molar-refractivity contribution in [1.29, 1.82) is 0 Å². The molecule has 0 spiro atoms. The number of hydrogen-bond donors (Lipinski definition) is 1. The third kappa shape index (κ3) is 0.672. The van der Waals surface area contributed by atoms with Crippen LogP contribution in [0.15, 0.2) is 0 Å². The lowest BCUT2D eigenvalue weighted by atomic mass is 9.53. The van der Waals surface area contributed by atoms with Crippen LogP contribution in [-0.2, 0) is 0 Å². The Bertz CT molecular complexity index is 140. The maximum atomic E-state index is 6.05. The lowest BCUT2D eigenvalue weighted by Gasteiger charge is -2.54. The Kier molecular flexibility index (Phi) is 1.31.